The highest BCUT2D eigenvalue weighted by molar-refractivity contribution is 5.98. The van der Waals surface area contributed by atoms with Gasteiger partial charge >= 0.3 is 0 Å². The van der Waals surface area contributed by atoms with Gasteiger partial charge in [-0.25, -0.2) is 0 Å². The van der Waals surface area contributed by atoms with E-state index in [0.717, 1.165) is 22.6 Å². The van der Waals surface area contributed by atoms with Crippen LogP contribution in [0.5, 0.6) is 11.5 Å². The maximum Gasteiger partial charge on any atom is 0.230 e. The van der Waals surface area contributed by atoms with Crippen molar-refractivity contribution in [1.82, 2.24) is 4.90 Å². The van der Waals surface area contributed by atoms with E-state index in [1.165, 1.54) is 4.90 Å². The molecule has 1 fully saturated rings. The second-order valence-electron chi connectivity index (χ2n) is 6.10. The van der Waals surface area contributed by atoms with Gasteiger partial charge in [-0.15, -0.1) is 0 Å². The molecule has 0 unspecified atom stereocenters. The molecule has 5 nitrogen and oxygen atoms in total. The smallest absolute Gasteiger partial charge is 0.230 e. The van der Waals surface area contributed by atoms with E-state index >= 15 is 0 Å². The Labute approximate surface area is 147 Å². The lowest BCUT2D eigenvalue weighted by Gasteiger charge is -2.30. The average Bonchev–Trinajstić information content (AvgIpc) is 2.65. The van der Waals surface area contributed by atoms with Crippen molar-refractivity contribution in [2.45, 2.75) is 25.3 Å². The number of ether oxygens (including phenoxy) is 2. The van der Waals surface area contributed by atoms with Crippen LogP contribution in [0.2, 0.25) is 0 Å². The summed E-state index contributed by atoms with van der Waals surface area (Å²) in [7, 11) is 3.21. The Bertz CT molecular complexity index is 734. The van der Waals surface area contributed by atoms with Crippen LogP contribution in [0.15, 0.2) is 48.5 Å². The fourth-order valence-electron chi connectivity index (χ4n) is 3.05. The Morgan fingerprint density at radius 1 is 0.840 bits per heavy atom. The number of likely N-dealkylation sites (tertiary alicyclic amines) is 1. The van der Waals surface area contributed by atoms with Crippen LogP contribution in [-0.2, 0) is 16.1 Å². The predicted octanol–water partition coefficient (Wildman–Crippen LogP) is 3.14. The maximum absolute atomic E-state index is 12.5. The Hall–Kier alpha value is -2.82. The van der Waals surface area contributed by atoms with E-state index in [4.69, 9.17) is 9.47 Å². The van der Waals surface area contributed by atoms with E-state index in [0.29, 0.717) is 19.4 Å². The fourth-order valence-corrected chi connectivity index (χ4v) is 3.05. The van der Waals surface area contributed by atoms with Gasteiger partial charge in [0.25, 0.3) is 0 Å². The lowest BCUT2D eigenvalue weighted by atomic mass is 9.88. The molecule has 0 radical (unpaired) electrons. The summed E-state index contributed by atoms with van der Waals surface area (Å²) >= 11 is 0. The SMILES string of the molecule is COc1ccc(CN2C(=O)CC(c3ccc(OC)cc3)CC2=O)cc1. The Morgan fingerprint density at radius 2 is 1.32 bits per heavy atom. The van der Waals surface area contributed by atoms with Crippen LogP contribution in [0.25, 0.3) is 0 Å². The predicted molar refractivity (Wildman–Crippen MR) is 93.5 cm³/mol. The molecule has 0 aliphatic carbocycles. The third-order valence-electron chi connectivity index (χ3n) is 4.53. The molecule has 1 saturated heterocycles. The molecule has 3 rings (SSSR count). The van der Waals surface area contributed by atoms with E-state index in [-0.39, 0.29) is 17.7 Å². The van der Waals surface area contributed by atoms with Crippen LogP contribution in [0.3, 0.4) is 0 Å². The number of carbonyl (C=O) groups is 2. The molecule has 0 aromatic heterocycles. The third-order valence-corrected chi connectivity index (χ3v) is 4.53. The van der Waals surface area contributed by atoms with Crippen molar-refractivity contribution < 1.29 is 19.1 Å². The molecule has 0 spiro atoms. The molecule has 0 N–H and O–H groups in total. The number of hydrogen-bond acceptors (Lipinski definition) is 4. The number of hydrogen-bond donors (Lipinski definition) is 0. The van der Waals surface area contributed by atoms with Gasteiger partial charge in [0.15, 0.2) is 0 Å². The number of carbonyl (C=O) groups excluding carboxylic acids is 2. The number of amides is 2. The van der Waals surface area contributed by atoms with Crippen LogP contribution in [0.1, 0.15) is 29.9 Å². The van der Waals surface area contributed by atoms with Crippen molar-refractivity contribution in [3.8, 4) is 11.5 Å². The molecular weight excluding hydrogens is 318 g/mol. The molecule has 130 valence electrons. The number of rotatable bonds is 5. The first-order chi connectivity index (χ1) is 12.1. The van der Waals surface area contributed by atoms with Gasteiger partial charge in [0.05, 0.1) is 20.8 Å². The minimum Gasteiger partial charge on any atom is -0.497 e. The van der Waals surface area contributed by atoms with Gasteiger partial charge in [-0.1, -0.05) is 24.3 Å². The minimum atomic E-state index is -0.132. The summed E-state index contributed by atoms with van der Waals surface area (Å²) in [5.74, 6) is 1.18. The molecule has 2 amide bonds. The quantitative estimate of drug-likeness (QED) is 0.785. The minimum absolute atomic E-state index is 0.0713. The van der Waals surface area contributed by atoms with Crippen LogP contribution in [-0.4, -0.2) is 30.9 Å². The molecule has 1 aliphatic rings. The number of imide groups is 1. The first-order valence-corrected chi connectivity index (χ1v) is 8.21. The Balaban J connectivity index is 1.68. The monoisotopic (exact) mass is 339 g/mol. The molecule has 1 aliphatic heterocycles. The van der Waals surface area contributed by atoms with E-state index in [2.05, 4.69) is 0 Å². The van der Waals surface area contributed by atoms with Crippen LogP contribution in [0.4, 0.5) is 0 Å². The van der Waals surface area contributed by atoms with Crippen molar-refractivity contribution >= 4 is 11.8 Å². The van der Waals surface area contributed by atoms with Crippen molar-refractivity contribution in [2.75, 3.05) is 14.2 Å². The van der Waals surface area contributed by atoms with Crippen molar-refractivity contribution in [3.05, 3.63) is 59.7 Å². The summed E-state index contributed by atoms with van der Waals surface area (Å²) in [6.07, 6.45) is 0.683. The molecule has 2 aromatic rings. The van der Waals surface area contributed by atoms with Crippen molar-refractivity contribution in [1.29, 1.82) is 0 Å². The molecular formula is C20H21NO4. The number of benzene rings is 2. The standard InChI is InChI=1S/C20H21NO4/c1-24-17-7-3-14(4-8-17)13-21-19(22)11-16(12-20(21)23)15-5-9-18(25-2)10-6-15/h3-10,16H,11-13H2,1-2H3. The summed E-state index contributed by atoms with van der Waals surface area (Å²) < 4.78 is 10.3. The number of nitrogens with zero attached hydrogens (tertiary/aromatic N) is 1. The lowest BCUT2D eigenvalue weighted by Crippen LogP contribution is -2.42. The largest absolute Gasteiger partial charge is 0.497 e. The van der Waals surface area contributed by atoms with Gasteiger partial charge in [0.1, 0.15) is 11.5 Å². The van der Waals surface area contributed by atoms with Crippen LogP contribution >= 0.6 is 0 Å². The molecule has 0 atom stereocenters. The topological polar surface area (TPSA) is 55.8 Å². The summed E-state index contributed by atoms with van der Waals surface area (Å²) in [5.41, 5.74) is 1.90. The second kappa shape index (κ2) is 7.38. The Kier molecular flexibility index (Phi) is 5.03. The third kappa shape index (κ3) is 3.82. The molecule has 25 heavy (non-hydrogen) atoms. The van der Waals surface area contributed by atoms with Gasteiger partial charge in [0, 0.05) is 18.8 Å². The number of piperidine rings is 1. The van der Waals surface area contributed by atoms with E-state index in [1.54, 1.807) is 14.2 Å². The molecule has 5 heteroatoms. The van der Waals surface area contributed by atoms with Crippen molar-refractivity contribution in [3.63, 3.8) is 0 Å². The van der Waals surface area contributed by atoms with Gasteiger partial charge in [-0.2, -0.15) is 0 Å². The molecule has 1 heterocycles. The summed E-state index contributed by atoms with van der Waals surface area (Å²) in [6, 6.07) is 14.9. The molecule has 2 aromatic carbocycles. The summed E-state index contributed by atoms with van der Waals surface area (Å²) in [6.45, 7) is 0.303. The average molecular weight is 339 g/mol. The zero-order valence-corrected chi connectivity index (χ0v) is 14.4. The number of methoxy groups -OCH3 is 2. The lowest BCUT2D eigenvalue weighted by molar-refractivity contribution is -0.149. The maximum atomic E-state index is 12.5. The Morgan fingerprint density at radius 3 is 1.80 bits per heavy atom. The highest BCUT2D eigenvalue weighted by Crippen LogP contribution is 2.31. The molecule has 0 saturated carbocycles. The van der Waals surface area contributed by atoms with Gasteiger partial charge < -0.3 is 9.47 Å². The highest BCUT2D eigenvalue weighted by Gasteiger charge is 2.33. The zero-order chi connectivity index (χ0) is 17.8. The van der Waals surface area contributed by atoms with Crippen molar-refractivity contribution in [2.24, 2.45) is 0 Å². The highest BCUT2D eigenvalue weighted by atomic mass is 16.5. The van der Waals surface area contributed by atoms with Crippen LogP contribution < -0.4 is 9.47 Å². The van der Waals surface area contributed by atoms with E-state index in [1.807, 2.05) is 48.5 Å². The van der Waals surface area contributed by atoms with E-state index < -0.39 is 0 Å². The second-order valence-corrected chi connectivity index (χ2v) is 6.10. The fraction of sp³-hybridized carbons (Fsp3) is 0.300. The first-order valence-electron chi connectivity index (χ1n) is 8.21. The van der Waals surface area contributed by atoms with Gasteiger partial charge in [-0.3, -0.25) is 14.5 Å². The summed E-state index contributed by atoms with van der Waals surface area (Å²) in [4.78, 5) is 26.3. The zero-order valence-electron chi connectivity index (χ0n) is 14.4. The van der Waals surface area contributed by atoms with Gasteiger partial charge in [0.2, 0.25) is 11.8 Å². The summed E-state index contributed by atoms with van der Waals surface area (Å²) in [5, 5.41) is 0. The molecule has 0 bridgehead atoms. The van der Waals surface area contributed by atoms with Gasteiger partial charge in [-0.05, 0) is 35.4 Å². The van der Waals surface area contributed by atoms with E-state index in [9.17, 15) is 9.59 Å². The normalized spacial score (nSPS) is 15.4. The van der Waals surface area contributed by atoms with Crippen LogP contribution in [0, 0.1) is 0 Å². The first kappa shape index (κ1) is 17.0.